The molecule has 3 rings (SSSR count). The molecule has 0 fully saturated rings. The first-order chi connectivity index (χ1) is 16.2. The van der Waals surface area contributed by atoms with Crippen LogP contribution in [0.3, 0.4) is 0 Å². The Morgan fingerprint density at radius 1 is 0.912 bits per heavy atom. The third-order valence-electron chi connectivity index (χ3n) is 4.54. The van der Waals surface area contributed by atoms with Crippen molar-refractivity contribution in [2.45, 2.75) is 20.0 Å². The molecule has 2 amide bonds. The van der Waals surface area contributed by atoms with Crippen LogP contribution in [0, 0.1) is 6.92 Å². The van der Waals surface area contributed by atoms with Crippen molar-refractivity contribution in [1.29, 1.82) is 0 Å². The van der Waals surface area contributed by atoms with Gasteiger partial charge in [0.1, 0.15) is 18.8 Å². The van der Waals surface area contributed by atoms with Crippen molar-refractivity contribution < 1.29 is 14.3 Å². The number of hydrogen-bond acceptors (Lipinski definition) is 4. The highest BCUT2D eigenvalue weighted by Gasteiger charge is 2.10. The van der Waals surface area contributed by atoms with E-state index in [4.69, 9.17) is 51.1 Å². The van der Waals surface area contributed by atoms with E-state index in [1.165, 1.54) is 6.21 Å². The molecule has 0 aliphatic carbocycles. The molecule has 2 N–H and O–H groups in total. The summed E-state index contributed by atoms with van der Waals surface area (Å²) in [6, 6.07) is 15.2. The van der Waals surface area contributed by atoms with E-state index in [1.807, 2.05) is 6.92 Å². The summed E-state index contributed by atoms with van der Waals surface area (Å²) < 4.78 is 5.84. The molecule has 0 aliphatic heterocycles. The fourth-order valence-electron chi connectivity index (χ4n) is 2.78. The Morgan fingerprint density at radius 2 is 1.65 bits per heavy atom. The number of hydrogen-bond donors (Lipinski definition) is 2. The first-order valence-corrected chi connectivity index (χ1v) is 11.5. The zero-order valence-electron chi connectivity index (χ0n) is 17.9. The van der Waals surface area contributed by atoms with Crippen molar-refractivity contribution in [1.82, 2.24) is 5.43 Å². The topological polar surface area (TPSA) is 79.8 Å². The monoisotopic (exact) mass is 537 g/mol. The summed E-state index contributed by atoms with van der Waals surface area (Å²) in [7, 11) is 0. The molecule has 0 heterocycles. The van der Waals surface area contributed by atoms with E-state index >= 15 is 0 Å². The molecule has 0 saturated heterocycles. The standard InChI is InChI=1S/C24H19Cl4N3O3/c1-14-2-6-19(10-20(14)27)30-23(32)11-24(33)31-29-12-16-8-17(25)5-7-22(16)34-13-15-3-4-18(26)9-21(15)28/h2-10,12H,11,13H2,1H3,(H,30,32)(H,31,33). The second-order valence-electron chi connectivity index (χ2n) is 7.19. The number of anilines is 1. The summed E-state index contributed by atoms with van der Waals surface area (Å²) in [6.07, 6.45) is 0.955. The van der Waals surface area contributed by atoms with Gasteiger partial charge in [-0.05, 0) is 55.0 Å². The zero-order valence-corrected chi connectivity index (χ0v) is 20.9. The van der Waals surface area contributed by atoms with Crippen molar-refractivity contribution in [2.75, 3.05) is 5.32 Å². The average molecular weight is 539 g/mol. The van der Waals surface area contributed by atoms with Gasteiger partial charge in [0, 0.05) is 36.9 Å². The number of nitrogens with zero attached hydrogens (tertiary/aromatic N) is 1. The summed E-state index contributed by atoms with van der Waals surface area (Å²) in [5.41, 5.74) is 4.97. The van der Waals surface area contributed by atoms with Crippen LogP contribution in [-0.2, 0) is 16.2 Å². The van der Waals surface area contributed by atoms with Crippen LogP contribution in [0.4, 0.5) is 5.69 Å². The maximum Gasteiger partial charge on any atom is 0.249 e. The summed E-state index contributed by atoms with van der Waals surface area (Å²) in [4.78, 5) is 24.2. The fraction of sp³-hybridized carbons (Fsp3) is 0.125. The minimum atomic E-state index is -0.593. The fourth-order valence-corrected chi connectivity index (χ4v) is 3.60. The number of carbonyl (C=O) groups is 2. The van der Waals surface area contributed by atoms with Gasteiger partial charge >= 0.3 is 0 Å². The first-order valence-electron chi connectivity index (χ1n) is 9.95. The smallest absolute Gasteiger partial charge is 0.249 e. The van der Waals surface area contributed by atoms with Crippen molar-refractivity contribution in [3.63, 3.8) is 0 Å². The van der Waals surface area contributed by atoms with Crippen LogP contribution in [0.1, 0.15) is 23.1 Å². The maximum absolute atomic E-state index is 12.1. The van der Waals surface area contributed by atoms with Crippen LogP contribution in [0.25, 0.3) is 0 Å². The number of nitrogens with one attached hydrogen (secondary N) is 2. The normalized spacial score (nSPS) is 10.9. The van der Waals surface area contributed by atoms with Crippen LogP contribution in [0.5, 0.6) is 5.75 Å². The molecule has 0 saturated carbocycles. The van der Waals surface area contributed by atoms with Gasteiger partial charge < -0.3 is 10.1 Å². The van der Waals surface area contributed by atoms with E-state index in [0.29, 0.717) is 37.1 Å². The van der Waals surface area contributed by atoms with Gasteiger partial charge in [-0.2, -0.15) is 5.10 Å². The summed E-state index contributed by atoms with van der Waals surface area (Å²) >= 11 is 24.2. The number of carbonyl (C=O) groups excluding carboxylic acids is 2. The quantitative estimate of drug-likeness (QED) is 0.191. The summed E-state index contributed by atoms with van der Waals surface area (Å²) in [5, 5.41) is 8.51. The Hall–Kier alpha value is -2.77. The summed E-state index contributed by atoms with van der Waals surface area (Å²) in [5.74, 6) is -0.619. The van der Waals surface area contributed by atoms with Gasteiger partial charge in [0.2, 0.25) is 11.8 Å². The van der Waals surface area contributed by atoms with E-state index in [0.717, 1.165) is 11.1 Å². The highest BCUT2D eigenvalue weighted by atomic mass is 35.5. The molecule has 3 aromatic carbocycles. The van der Waals surface area contributed by atoms with Gasteiger partial charge in [-0.3, -0.25) is 9.59 Å². The molecular weight excluding hydrogens is 520 g/mol. The molecule has 0 spiro atoms. The molecule has 6 nitrogen and oxygen atoms in total. The third kappa shape index (κ3) is 7.64. The van der Waals surface area contributed by atoms with E-state index < -0.39 is 18.2 Å². The number of ether oxygens (including phenoxy) is 1. The Labute approximate surface area is 216 Å². The molecule has 0 aromatic heterocycles. The van der Waals surface area contributed by atoms with E-state index in [1.54, 1.807) is 54.6 Å². The molecule has 0 bridgehead atoms. The van der Waals surface area contributed by atoms with E-state index in [9.17, 15) is 9.59 Å². The van der Waals surface area contributed by atoms with Gasteiger partial charge in [-0.1, -0.05) is 58.5 Å². The predicted molar refractivity (Wildman–Crippen MR) is 137 cm³/mol. The largest absolute Gasteiger partial charge is 0.488 e. The number of rotatable bonds is 8. The van der Waals surface area contributed by atoms with Crippen molar-refractivity contribution in [2.24, 2.45) is 5.10 Å². The molecule has 0 atom stereocenters. The van der Waals surface area contributed by atoms with Crippen LogP contribution >= 0.6 is 46.4 Å². The number of amides is 2. The Bertz CT molecular complexity index is 1250. The van der Waals surface area contributed by atoms with Crippen molar-refractivity contribution in [3.8, 4) is 5.75 Å². The van der Waals surface area contributed by atoms with E-state index in [2.05, 4.69) is 15.8 Å². The molecule has 10 heteroatoms. The second-order valence-corrected chi connectivity index (χ2v) is 8.88. The van der Waals surface area contributed by atoms with Gasteiger partial charge in [-0.15, -0.1) is 0 Å². The lowest BCUT2D eigenvalue weighted by Gasteiger charge is -2.11. The summed E-state index contributed by atoms with van der Waals surface area (Å²) in [6.45, 7) is 2.04. The molecule has 3 aromatic rings. The molecule has 34 heavy (non-hydrogen) atoms. The van der Waals surface area contributed by atoms with Crippen molar-refractivity contribution >= 4 is 70.1 Å². The van der Waals surface area contributed by atoms with Gasteiger partial charge in [-0.25, -0.2) is 5.43 Å². The number of aryl methyl sites for hydroxylation is 1. The van der Waals surface area contributed by atoms with Gasteiger partial charge in [0.15, 0.2) is 0 Å². The Morgan fingerprint density at radius 3 is 2.38 bits per heavy atom. The number of hydrazone groups is 1. The Kier molecular flexibility index (Phi) is 9.19. The van der Waals surface area contributed by atoms with Gasteiger partial charge in [0.25, 0.3) is 0 Å². The van der Waals surface area contributed by atoms with E-state index in [-0.39, 0.29) is 6.61 Å². The van der Waals surface area contributed by atoms with Crippen LogP contribution in [0.15, 0.2) is 59.7 Å². The molecule has 176 valence electrons. The maximum atomic E-state index is 12.1. The van der Waals surface area contributed by atoms with Crippen LogP contribution < -0.4 is 15.5 Å². The number of benzene rings is 3. The SMILES string of the molecule is Cc1ccc(NC(=O)CC(=O)NN=Cc2cc(Cl)ccc2OCc2ccc(Cl)cc2Cl)cc1Cl. The molecular formula is C24H19Cl4N3O3. The Balaban J connectivity index is 1.57. The minimum Gasteiger partial charge on any atom is -0.488 e. The second kappa shape index (κ2) is 12.1. The van der Waals surface area contributed by atoms with Crippen LogP contribution in [0.2, 0.25) is 20.1 Å². The average Bonchev–Trinajstić information content (AvgIpc) is 2.76. The lowest BCUT2D eigenvalue weighted by atomic mass is 10.2. The first kappa shape index (κ1) is 25.8. The lowest BCUT2D eigenvalue weighted by molar-refractivity contribution is -0.126. The predicted octanol–water partition coefficient (Wildman–Crippen LogP) is 6.67. The zero-order chi connectivity index (χ0) is 24.7. The molecule has 0 aliphatic rings. The molecule has 0 radical (unpaired) electrons. The van der Waals surface area contributed by atoms with Crippen LogP contribution in [-0.4, -0.2) is 18.0 Å². The minimum absolute atomic E-state index is 0.189. The molecule has 0 unspecified atom stereocenters. The van der Waals surface area contributed by atoms with Crippen molar-refractivity contribution in [3.05, 3.63) is 91.4 Å². The van der Waals surface area contributed by atoms with Gasteiger partial charge in [0.05, 0.1) is 6.21 Å². The highest BCUT2D eigenvalue weighted by molar-refractivity contribution is 6.35. The lowest BCUT2D eigenvalue weighted by Crippen LogP contribution is -2.24. The highest BCUT2D eigenvalue weighted by Crippen LogP contribution is 2.26. The third-order valence-corrected chi connectivity index (χ3v) is 5.77. The number of halogens is 4.